The van der Waals surface area contributed by atoms with Crippen LogP contribution >= 0.6 is 11.3 Å². The number of rotatable bonds is 6. The van der Waals surface area contributed by atoms with Gasteiger partial charge in [0.1, 0.15) is 6.61 Å². The van der Waals surface area contributed by atoms with Crippen LogP contribution in [0.2, 0.25) is 0 Å². The van der Waals surface area contributed by atoms with Crippen LogP contribution in [0.5, 0.6) is 11.5 Å². The third-order valence-corrected chi connectivity index (χ3v) is 7.50. The van der Waals surface area contributed by atoms with Crippen molar-refractivity contribution in [3.05, 3.63) is 52.9 Å². The molecule has 3 heterocycles. The predicted octanol–water partition coefficient (Wildman–Crippen LogP) is 5.13. The van der Waals surface area contributed by atoms with E-state index in [9.17, 15) is 4.79 Å². The monoisotopic (exact) mass is 436 g/mol. The summed E-state index contributed by atoms with van der Waals surface area (Å²) in [6.07, 6.45) is 2.52. The molecular weight excluding hydrogens is 408 g/mol. The summed E-state index contributed by atoms with van der Waals surface area (Å²) in [6, 6.07) is 11.9. The molecule has 1 aliphatic carbocycles. The Balaban J connectivity index is 1.31. The maximum Gasteiger partial charge on any atom is 0.259 e. The number of fused-ring (bicyclic) bond motifs is 3. The van der Waals surface area contributed by atoms with Gasteiger partial charge in [-0.15, -0.1) is 11.3 Å². The molecule has 0 atom stereocenters. The van der Waals surface area contributed by atoms with E-state index in [1.807, 2.05) is 35.2 Å². The number of likely N-dealkylation sites (tertiary alicyclic amines) is 1. The Hall–Kier alpha value is -2.57. The Kier molecular flexibility index (Phi) is 5.59. The van der Waals surface area contributed by atoms with Gasteiger partial charge in [-0.05, 0) is 61.0 Å². The van der Waals surface area contributed by atoms with E-state index >= 15 is 0 Å². The van der Waals surface area contributed by atoms with E-state index < -0.39 is 0 Å². The first kappa shape index (κ1) is 20.3. The summed E-state index contributed by atoms with van der Waals surface area (Å²) in [5, 5.41) is 2.07. The molecule has 1 amide bonds. The van der Waals surface area contributed by atoms with Crippen molar-refractivity contribution in [2.45, 2.75) is 26.3 Å². The van der Waals surface area contributed by atoms with Gasteiger partial charge in [0.25, 0.3) is 5.91 Å². The molecule has 0 radical (unpaired) electrons. The van der Waals surface area contributed by atoms with E-state index in [1.54, 1.807) is 18.4 Å². The van der Waals surface area contributed by atoms with Gasteiger partial charge in [-0.25, -0.2) is 0 Å². The van der Waals surface area contributed by atoms with Crippen LogP contribution in [0, 0.1) is 5.92 Å². The summed E-state index contributed by atoms with van der Waals surface area (Å²) >= 11 is 1.69. The lowest BCUT2D eigenvalue weighted by Crippen LogP contribution is -2.35. The fourth-order valence-corrected chi connectivity index (χ4v) is 5.44. The van der Waals surface area contributed by atoms with Gasteiger partial charge in [0, 0.05) is 34.3 Å². The highest BCUT2D eigenvalue weighted by Gasteiger charge is 2.34. The molecule has 0 aromatic heterocycles. The second kappa shape index (κ2) is 8.52. The summed E-state index contributed by atoms with van der Waals surface area (Å²) in [5.41, 5.74) is 3.94. The Labute approximate surface area is 187 Å². The zero-order valence-corrected chi connectivity index (χ0v) is 18.9. The van der Waals surface area contributed by atoms with Crippen molar-refractivity contribution in [1.82, 2.24) is 4.90 Å². The second-order valence-electron chi connectivity index (χ2n) is 8.53. The van der Waals surface area contributed by atoms with E-state index in [0.717, 1.165) is 47.9 Å². The van der Waals surface area contributed by atoms with Gasteiger partial charge in [0.15, 0.2) is 11.5 Å². The average molecular weight is 437 g/mol. The third-order valence-electron chi connectivity index (χ3n) is 6.49. The SMILES string of the molecule is COc1ccc(N2Cc3c(cc4cccsc3-4)C2=O)cc1OCCN1CCC(C)CC1. The third kappa shape index (κ3) is 3.90. The van der Waals surface area contributed by atoms with Crippen molar-refractivity contribution < 1.29 is 14.3 Å². The van der Waals surface area contributed by atoms with E-state index in [-0.39, 0.29) is 5.91 Å². The van der Waals surface area contributed by atoms with Crippen molar-refractivity contribution in [2.24, 2.45) is 5.92 Å². The van der Waals surface area contributed by atoms with Crippen LogP contribution in [-0.4, -0.2) is 44.2 Å². The molecule has 1 saturated heterocycles. The number of methoxy groups -OCH3 is 1. The molecule has 1 aromatic rings. The van der Waals surface area contributed by atoms with Gasteiger partial charge in [-0.3, -0.25) is 9.69 Å². The first-order valence-electron chi connectivity index (χ1n) is 11.0. The lowest BCUT2D eigenvalue weighted by Gasteiger charge is -2.30. The molecule has 162 valence electrons. The first-order chi connectivity index (χ1) is 15.1. The topological polar surface area (TPSA) is 42.0 Å². The number of hydrogen-bond acceptors (Lipinski definition) is 5. The highest BCUT2D eigenvalue weighted by atomic mass is 32.1. The number of piperidine rings is 1. The highest BCUT2D eigenvalue weighted by molar-refractivity contribution is 7.13. The lowest BCUT2D eigenvalue weighted by atomic mass is 9.99. The van der Waals surface area contributed by atoms with E-state index in [4.69, 9.17) is 9.47 Å². The first-order valence-corrected chi connectivity index (χ1v) is 11.9. The normalized spacial score (nSPS) is 17.4. The second-order valence-corrected chi connectivity index (χ2v) is 9.45. The fraction of sp³-hybridized carbons (Fsp3) is 0.400. The zero-order chi connectivity index (χ0) is 21.4. The smallest absolute Gasteiger partial charge is 0.259 e. The number of nitrogens with zero attached hydrogens (tertiary/aromatic N) is 2. The van der Waals surface area contributed by atoms with Crippen LogP contribution < -0.4 is 14.4 Å². The number of anilines is 1. The van der Waals surface area contributed by atoms with Gasteiger partial charge in [-0.1, -0.05) is 19.1 Å². The average Bonchev–Trinajstić information content (AvgIpc) is 3.32. The molecule has 5 rings (SSSR count). The molecule has 0 N–H and O–H groups in total. The molecule has 0 unspecified atom stereocenters. The van der Waals surface area contributed by atoms with E-state index in [0.29, 0.717) is 24.7 Å². The molecule has 4 aliphatic rings. The number of ether oxygens (including phenoxy) is 2. The van der Waals surface area contributed by atoms with Crippen LogP contribution in [-0.2, 0) is 6.54 Å². The number of hydrogen-bond donors (Lipinski definition) is 0. The highest BCUT2D eigenvalue weighted by Crippen LogP contribution is 2.42. The van der Waals surface area contributed by atoms with Gasteiger partial charge >= 0.3 is 0 Å². The van der Waals surface area contributed by atoms with Crippen LogP contribution in [0.15, 0.2) is 41.8 Å². The standard InChI is InChI=1S/C25H28N2O3S/c1-17-7-9-26(10-8-17)11-12-30-23-15-19(5-6-22(23)29-2)27-16-21-20(25(27)28)14-18-4-3-13-31-24(18)21/h3-6,13-15,17H,7-12,16H2,1-2H3. The largest absolute Gasteiger partial charge is 0.493 e. The number of benzene rings is 1. The van der Waals surface area contributed by atoms with E-state index in [2.05, 4.69) is 23.3 Å². The molecule has 6 heteroatoms. The van der Waals surface area contributed by atoms with Gasteiger partial charge in [0.2, 0.25) is 0 Å². The van der Waals surface area contributed by atoms with Crippen LogP contribution in [0.25, 0.3) is 10.4 Å². The number of carbonyl (C=O) groups excluding carboxylic acids is 1. The Morgan fingerprint density at radius 1 is 1.13 bits per heavy atom. The minimum atomic E-state index is 0.0527. The Morgan fingerprint density at radius 2 is 1.97 bits per heavy atom. The maximum absolute atomic E-state index is 13.1. The lowest BCUT2D eigenvalue weighted by molar-refractivity contribution is 0.0996. The van der Waals surface area contributed by atoms with Crippen molar-refractivity contribution in [3.8, 4) is 21.9 Å². The molecule has 0 saturated carbocycles. The number of amides is 1. The predicted molar refractivity (Wildman–Crippen MR) is 125 cm³/mol. The van der Waals surface area contributed by atoms with Crippen molar-refractivity contribution in [1.29, 1.82) is 0 Å². The molecule has 0 spiro atoms. The van der Waals surface area contributed by atoms with Gasteiger partial charge in [0.05, 0.1) is 13.7 Å². The van der Waals surface area contributed by atoms with Gasteiger partial charge in [-0.2, -0.15) is 0 Å². The Morgan fingerprint density at radius 3 is 2.77 bits per heavy atom. The van der Waals surface area contributed by atoms with Crippen LogP contribution in [0.4, 0.5) is 5.69 Å². The van der Waals surface area contributed by atoms with Crippen molar-refractivity contribution in [3.63, 3.8) is 0 Å². The summed E-state index contributed by atoms with van der Waals surface area (Å²) in [5.74, 6) is 2.27. The van der Waals surface area contributed by atoms with Crippen molar-refractivity contribution in [2.75, 3.05) is 38.3 Å². The molecular formula is C25H28N2O3S. The number of carbonyl (C=O) groups is 1. The minimum absolute atomic E-state index is 0.0527. The van der Waals surface area contributed by atoms with E-state index in [1.165, 1.54) is 17.7 Å². The molecule has 1 fully saturated rings. The molecule has 1 aromatic carbocycles. The zero-order valence-electron chi connectivity index (χ0n) is 18.1. The molecule has 0 bridgehead atoms. The molecule has 3 aliphatic heterocycles. The summed E-state index contributed by atoms with van der Waals surface area (Å²) in [6.45, 7) is 6.72. The molecule has 5 nitrogen and oxygen atoms in total. The summed E-state index contributed by atoms with van der Waals surface area (Å²) in [7, 11) is 1.65. The maximum atomic E-state index is 13.1. The summed E-state index contributed by atoms with van der Waals surface area (Å²) < 4.78 is 11.6. The summed E-state index contributed by atoms with van der Waals surface area (Å²) in [4.78, 5) is 18.6. The quantitative estimate of drug-likeness (QED) is 0.537. The van der Waals surface area contributed by atoms with Crippen LogP contribution in [0.3, 0.4) is 0 Å². The molecule has 31 heavy (non-hydrogen) atoms. The van der Waals surface area contributed by atoms with Crippen LogP contribution in [0.1, 0.15) is 35.7 Å². The fourth-order valence-electron chi connectivity index (χ4n) is 4.57. The van der Waals surface area contributed by atoms with Crippen molar-refractivity contribution >= 4 is 22.9 Å². The minimum Gasteiger partial charge on any atom is -0.493 e. The van der Waals surface area contributed by atoms with Gasteiger partial charge < -0.3 is 14.4 Å². The Bertz CT molecular complexity index is 1050.